The van der Waals surface area contributed by atoms with Crippen LogP contribution in [0.1, 0.15) is 73.6 Å². The summed E-state index contributed by atoms with van der Waals surface area (Å²) < 4.78 is 0. The highest BCUT2D eigenvalue weighted by atomic mass is 16.1. The minimum absolute atomic E-state index is 0.615. The van der Waals surface area contributed by atoms with E-state index in [0.29, 0.717) is 18.9 Å². The summed E-state index contributed by atoms with van der Waals surface area (Å²) in [6.45, 7) is 2.89. The van der Waals surface area contributed by atoms with Gasteiger partial charge in [0.2, 0.25) is 0 Å². The summed E-state index contributed by atoms with van der Waals surface area (Å²) in [5, 5.41) is 0. The molecule has 1 heterocycles. The van der Waals surface area contributed by atoms with Gasteiger partial charge < -0.3 is 4.79 Å². The topological polar surface area (TPSA) is 41.8 Å². The lowest BCUT2D eigenvalue weighted by Crippen LogP contribution is -2.07. The van der Waals surface area contributed by atoms with Gasteiger partial charge in [-0.05, 0) is 72.3 Å². The van der Waals surface area contributed by atoms with Gasteiger partial charge in [-0.1, -0.05) is 74.0 Å². The van der Waals surface area contributed by atoms with E-state index in [-0.39, 0.29) is 0 Å². The van der Waals surface area contributed by atoms with Gasteiger partial charge in [0.25, 0.3) is 0 Å². The van der Waals surface area contributed by atoms with Crippen molar-refractivity contribution in [1.82, 2.24) is 0 Å². The van der Waals surface area contributed by atoms with Crippen LogP contribution in [0, 0.1) is 0 Å². The van der Waals surface area contributed by atoms with E-state index in [9.17, 15) is 4.79 Å². The molecule has 0 fully saturated rings. The normalized spacial score (nSPS) is 18.2. The smallest absolute Gasteiger partial charge is 0.154 e. The minimum Gasteiger partial charge on any atom is -0.303 e. The molecule has 3 heteroatoms. The summed E-state index contributed by atoms with van der Waals surface area (Å²) in [7, 11) is 0. The van der Waals surface area contributed by atoms with Crippen LogP contribution in [0.4, 0.5) is 0 Å². The fourth-order valence-electron chi connectivity index (χ4n) is 4.69. The third kappa shape index (κ3) is 6.25. The first-order valence-corrected chi connectivity index (χ1v) is 12.4. The number of hydrogen-bond donors (Lipinski definition) is 0. The summed E-state index contributed by atoms with van der Waals surface area (Å²) >= 11 is 0. The van der Waals surface area contributed by atoms with Crippen molar-refractivity contribution in [3.63, 3.8) is 0 Å². The van der Waals surface area contributed by atoms with Gasteiger partial charge in [-0.3, -0.25) is 4.99 Å². The van der Waals surface area contributed by atoms with Gasteiger partial charge in [0.15, 0.2) is 5.84 Å². The number of hydrogen-bond acceptors (Lipinski definition) is 3. The number of carbonyl (C=O) groups is 1. The number of allylic oxidation sites excluding steroid dienone is 3. The van der Waals surface area contributed by atoms with E-state index in [0.717, 1.165) is 49.8 Å². The van der Waals surface area contributed by atoms with Crippen molar-refractivity contribution in [2.75, 3.05) is 6.54 Å². The van der Waals surface area contributed by atoms with Gasteiger partial charge in [-0.25, -0.2) is 4.99 Å². The SMILES string of the molecule is CCCc1ccc(C2CC=C(C3=CCN=C(c4ccc(CCCC=O)cc4)N=C3)CC2)cc1. The monoisotopic (exact) mass is 438 g/mol. The Bertz CT molecular complexity index is 1060. The molecule has 3 nitrogen and oxygen atoms in total. The molecule has 170 valence electrons. The van der Waals surface area contributed by atoms with Crippen molar-refractivity contribution < 1.29 is 4.79 Å². The number of amidine groups is 1. The predicted octanol–water partition coefficient (Wildman–Crippen LogP) is 6.81. The second-order valence-corrected chi connectivity index (χ2v) is 9.03. The first-order chi connectivity index (χ1) is 16.3. The molecule has 1 unspecified atom stereocenters. The summed E-state index contributed by atoms with van der Waals surface area (Å²) in [5.41, 5.74) is 7.82. The molecule has 0 amide bonds. The second-order valence-electron chi connectivity index (χ2n) is 9.03. The van der Waals surface area contributed by atoms with Crippen molar-refractivity contribution in [1.29, 1.82) is 0 Å². The molecule has 0 saturated heterocycles. The molecule has 1 aliphatic carbocycles. The quantitative estimate of drug-likeness (QED) is 0.313. The lowest BCUT2D eigenvalue weighted by atomic mass is 9.82. The van der Waals surface area contributed by atoms with E-state index < -0.39 is 0 Å². The number of nitrogens with zero attached hydrogens (tertiary/aromatic N) is 2. The third-order valence-electron chi connectivity index (χ3n) is 6.65. The maximum Gasteiger partial charge on any atom is 0.154 e. The summed E-state index contributed by atoms with van der Waals surface area (Å²) in [6.07, 6.45) is 15.8. The van der Waals surface area contributed by atoms with Gasteiger partial charge in [0, 0.05) is 18.2 Å². The largest absolute Gasteiger partial charge is 0.303 e. The Morgan fingerprint density at radius 1 is 0.970 bits per heavy atom. The molecule has 0 aromatic heterocycles. The standard InChI is InChI=1S/C30H34N2O/c1-2-5-23-7-11-25(12-8-23)26-15-17-27(18-16-26)29-19-20-31-30(32-22-29)28-13-9-24(10-14-28)6-3-4-21-33/h7-14,17,19,21-22,26H,2-6,15-16,18,20H2,1H3. The zero-order valence-electron chi connectivity index (χ0n) is 19.7. The molecule has 33 heavy (non-hydrogen) atoms. The van der Waals surface area contributed by atoms with E-state index >= 15 is 0 Å². The van der Waals surface area contributed by atoms with Crippen LogP contribution in [-0.2, 0) is 17.6 Å². The molecule has 1 atom stereocenters. The fourth-order valence-corrected chi connectivity index (χ4v) is 4.69. The first-order valence-electron chi connectivity index (χ1n) is 12.4. The van der Waals surface area contributed by atoms with Crippen LogP contribution in [0.15, 0.2) is 81.8 Å². The maximum atomic E-state index is 10.5. The molecule has 2 aliphatic rings. The van der Waals surface area contributed by atoms with Gasteiger partial charge >= 0.3 is 0 Å². The molecule has 0 saturated carbocycles. The average Bonchev–Trinajstić information content (AvgIpc) is 3.12. The Morgan fingerprint density at radius 2 is 1.73 bits per heavy atom. The molecular weight excluding hydrogens is 404 g/mol. The summed E-state index contributed by atoms with van der Waals surface area (Å²) in [4.78, 5) is 19.9. The minimum atomic E-state index is 0.615. The summed E-state index contributed by atoms with van der Waals surface area (Å²) in [6, 6.07) is 17.7. The highest BCUT2D eigenvalue weighted by Crippen LogP contribution is 2.34. The molecule has 0 spiro atoms. The van der Waals surface area contributed by atoms with Crippen LogP contribution in [0.3, 0.4) is 0 Å². The maximum absolute atomic E-state index is 10.5. The molecular formula is C30H34N2O. The Hall–Kier alpha value is -3.07. The molecule has 4 rings (SSSR count). The summed E-state index contributed by atoms with van der Waals surface area (Å²) in [5.74, 6) is 1.41. The van der Waals surface area contributed by atoms with Crippen LogP contribution >= 0.6 is 0 Å². The molecule has 1 aliphatic heterocycles. The number of aryl methyl sites for hydroxylation is 2. The van der Waals surface area contributed by atoms with Crippen molar-refractivity contribution in [3.8, 4) is 0 Å². The van der Waals surface area contributed by atoms with E-state index in [2.05, 4.69) is 67.6 Å². The Balaban J connectivity index is 1.36. The fraction of sp³-hybridized carbons (Fsp3) is 0.367. The van der Waals surface area contributed by atoms with Crippen molar-refractivity contribution >= 4 is 18.3 Å². The van der Waals surface area contributed by atoms with Crippen LogP contribution in [-0.4, -0.2) is 24.9 Å². The Kier molecular flexibility index (Phi) is 8.19. The van der Waals surface area contributed by atoms with Gasteiger partial charge in [-0.2, -0.15) is 0 Å². The van der Waals surface area contributed by atoms with Crippen molar-refractivity contribution in [3.05, 3.63) is 94.1 Å². The zero-order valence-corrected chi connectivity index (χ0v) is 19.7. The first kappa shape index (κ1) is 23.1. The number of benzene rings is 2. The van der Waals surface area contributed by atoms with Crippen LogP contribution < -0.4 is 0 Å². The number of rotatable bonds is 9. The van der Waals surface area contributed by atoms with E-state index in [1.165, 1.54) is 40.7 Å². The van der Waals surface area contributed by atoms with Crippen LogP contribution in [0.5, 0.6) is 0 Å². The highest BCUT2D eigenvalue weighted by molar-refractivity contribution is 6.06. The number of carbonyl (C=O) groups excluding carboxylic acids is 1. The zero-order chi connectivity index (χ0) is 22.9. The number of aldehydes is 1. The Morgan fingerprint density at radius 3 is 2.42 bits per heavy atom. The van der Waals surface area contributed by atoms with Gasteiger partial charge in [-0.15, -0.1) is 0 Å². The number of unbranched alkanes of at least 4 members (excludes halogenated alkanes) is 1. The molecule has 0 radical (unpaired) electrons. The molecule has 0 N–H and O–H groups in total. The highest BCUT2D eigenvalue weighted by Gasteiger charge is 2.18. The van der Waals surface area contributed by atoms with E-state index in [4.69, 9.17) is 9.98 Å². The van der Waals surface area contributed by atoms with Gasteiger partial charge in [0.1, 0.15) is 6.29 Å². The molecule has 2 aromatic rings. The van der Waals surface area contributed by atoms with E-state index in [1.54, 1.807) is 0 Å². The lowest BCUT2D eigenvalue weighted by Gasteiger charge is -2.23. The van der Waals surface area contributed by atoms with E-state index in [1.807, 2.05) is 6.21 Å². The number of aliphatic imine (C=N–C) groups is 2. The molecule has 0 bridgehead atoms. The van der Waals surface area contributed by atoms with Crippen molar-refractivity contribution in [2.24, 2.45) is 9.98 Å². The molecule has 2 aromatic carbocycles. The average molecular weight is 439 g/mol. The third-order valence-corrected chi connectivity index (χ3v) is 6.65. The van der Waals surface area contributed by atoms with Crippen LogP contribution in [0.25, 0.3) is 0 Å². The van der Waals surface area contributed by atoms with Crippen LogP contribution in [0.2, 0.25) is 0 Å². The Labute approximate surface area is 198 Å². The lowest BCUT2D eigenvalue weighted by molar-refractivity contribution is -0.107. The second kappa shape index (κ2) is 11.7. The predicted molar refractivity (Wildman–Crippen MR) is 139 cm³/mol. The van der Waals surface area contributed by atoms with Crippen molar-refractivity contribution in [2.45, 2.75) is 64.2 Å². The van der Waals surface area contributed by atoms with Gasteiger partial charge in [0.05, 0.1) is 6.54 Å².